The van der Waals surface area contributed by atoms with E-state index in [1.807, 2.05) is 6.07 Å². The van der Waals surface area contributed by atoms with Crippen molar-refractivity contribution in [3.63, 3.8) is 0 Å². The molecule has 0 aliphatic rings. The third kappa shape index (κ3) is 3.35. The van der Waals surface area contributed by atoms with Gasteiger partial charge in [0.15, 0.2) is 0 Å². The molecule has 0 atom stereocenters. The van der Waals surface area contributed by atoms with Crippen LogP contribution in [-0.2, 0) is 0 Å². The SMILES string of the molecule is CC(C)(CCl)CNc1ccncc1Cl. The van der Waals surface area contributed by atoms with Crippen LogP contribution in [-0.4, -0.2) is 17.4 Å². The van der Waals surface area contributed by atoms with E-state index in [4.69, 9.17) is 23.2 Å². The van der Waals surface area contributed by atoms with Gasteiger partial charge in [0.1, 0.15) is 0 Å². The van der Waals surface area contributed by atoms with Crippen molar-refractivity contribution >= 4 is 28.9 Å². The molecule has 1 heterocycles. The summed E-state index contributed by atoms with van der Waals surface area (Å²) < 4.78 is 0. The molecule has 0 aliphatic carbocycles. The van der Waals surface area contributed by atoms with Crippen molar-refractivity contribution in [1.29, 1.82) is 0 Å². The number of nitrogens with one attached hydrogen (secondary N) is 1. The highest BCUT2D eigenvalue weighted by Gasteiger charge is 2.16. The number of anilines is 1. The lowest BCUT2D eigenvalue weighted by molar-refractivity contribution is 0.450. The minimum absolute atomic E-state index is 0.0636. The van der Waals surface area contributed by atoms with Crippen LogP contribution in [0, 0.1) is 5.41 Å². The Balaban J connectivity index is 2.58. The Labute approximate surface area is 94.6 Å². The van der Waals surface area contributed by atoms with Gasteiger partial charge in [0.05, 0.1) is 10.7 Å². The summed E-state index contributed by atoms with van der Waals surface area (Å²) in [6.45, 7) is 4.99. The van der Waals surface area contributed by atoms with Crippen LogP contribution in [0.1, 0.15) is 13.8 Å². The molecule has 0 fully saturated rings. The first-order valence-corrected chi connectivity index (χ1v) is 5.36. The molecular formula is C10H14Cl2N2. The number of hydrogen-bond acceptors (Lipinski definition) is 2. The number of halogens is 2. The van der Waals surface area contributed by atoms with Crippen LogP contribution < -0.4 is 5.32 Å². The van der Waals surface area contributed by atoms with E-state index in [-0.39, 0.29) is 5.41 Å². The van der Waals surface area contributed by atoms with E-state index in [1.54, 1.807) is 12.4 Å². The zero-order valence-corrected chi connectivity index (χ0v) is 9.86. The lowest BCUT2D eigenvalue weighted by atomic mass is 9.96. The van der Waals surface area contributed by atoms with Gasteiger partial charge in [-0.25, -0.2) is 0 Å². The van der Waals surface area contributed by atoms with Crippen LogP contribution in [0.4, 0.5) is 5.69 Å². The molecule has 1 rings (SSSR count). The van der Waals surface area contributed by atoms with E-state index in [0.717, 1.165) is 12.2 Å². The Bertz CT molecular complexity index is 300. The fraction of sp³-hybridized carbons (Fsp3) is 0.500. The monoisotopic (exact) mass is 232 g/mol. The van der Waals surface area contributed by atoms with Crippen LogP contribution in [0.3, 0.4) is 0 Å². The second kappa shape index (κ2) is 4.85. The Kier molecular flexibility index (Phi) is 4.02. The van der Waals surface area contributed by atoms with Crippen LogP contribution in [0.2, 0.25) is 5.02 Å². The van der Waals surface area contributed by atoms with Gasteiger partial charge in [0.2, 0.25) is 0 Å². The summed E-state index contributed by atoms with van der Waals surface area (Å²) in [5.41, 5.74) is 0.966. The molecule has 0 bridgehead atoms. The number of alkyl halides is 1. The van der Waals surface area contributed by atoms with E-state index in [1.165, 1.54) is 0 Å². The highest BCUT2D eigenvalue weighted by molar-refractivity contribution is 6.33. The summed E-state index contributed by atoms with van der Waals surface area (Å²) in [5, 5.41) is 3.88. The Morgan fingerprint density at radius 1 is 1.50 bits per heavy atom. The molecule has 2 nitrogen and oxygen atoms in total. The Morgan fingerprint density at radius 3 is 2.79 bits per heavy atom. The smallest absolute Gasteiger partial charge is 0.0820 e. The minimum Gasteiger partial charge on any atom is -0.383 e. The molecule has 0 spiro atoms. The zero-order valence-electron chi connectivity index (χ0n) is 8.35. The molecule has 0 amide bonds. The third-order valence-electron chi connectivity index (χ3n) is 1.89. The second-order valence-corrected chi connectivity index (χ2v) is 4.68. The summed E-state index contributed by atoms with van der Waals surface area (Å²) >= 11 is 11.8. The first-order chi connectivity index (χ1) is 6.55. The maximum atomic E-state index is 5.94. The first kappa shape index (κ1) is 11.6. The van der Waals surface area contributed by atoms with Crippen LogP contribution in [0.15, 0.2) is 18.5 Å². The molecule has 4 heteroatoms. The number of rotatable bonds is 4. The minimum atomic E-state index is 0.0636. The van der Waals surface area contributed by atoms with Gasteiger partial charge in [0, 0.05) is 24.8 Å². The predicted octanol–water partition coefficient (Wildman–Crippen LogP) is 3.41. The predicted molar refractivity (Wildman–Crippen MR) is 62.2 cm³/mol. The van der Waals surface area contributed by atoms with Gasteiger partial charge in [-0.05, 0) is 11.5 Å². The van der Waals surface area contributed by atoms with Gasteiger partial charge in [-0.2, -0.15) is 0 Å². The first-order valence-electron chi connectivity index (χ1n) is 4.44. The molecule has 0 saturated heterocycles. The van der Waals surface area contributed by atoms with Crippen molar-refractivity contribution in [2.75, 3.05) is 17.7 Å². The lowest BCUT2D eigenvalue weighted by Gasteiger charge is -2.22. The van der Waals surface area contributed by atoms with Gasteiger partial charge in [0.25, 0.3) is 0 Å². The average Bonchev–Trinajstić information content (AvgIpc) is 2.17. The molecule has 14 heavy (non-hydrogen) atoms. The van der Waals surface area contributed by atoms with Gasteiger partial charge in [-0.15, -0.1) is 11.6 Å². The maximum absolute atomic E-state index is 5.94. The van der Waals surface area contributed by atoms with E-state index >= 15 is 0 Å². The molecule has 0 saturated carbocycles. The van der Waals surface area contributed by atoms with Crippen molar-refractivity contribution in [2.24, 2.45) is 5.41 Å². The Morgan fingerprint density at radius 2 is 2.21 bits per heavy atom. The standard InChI is InChI=1S/C10H14Cl2N2/c1-10(2,6-11)7-14-9-3-4-13-5-8(9)12/h3-5H,6-7H2,1-2H3,(H,13,14). The molecule has 1 N–H and O–H groups in total. The van der Waals surface area contributed by atoms with E-state index in [9.17, 15) is 0 Å². The third-order valence-corrected chi connectivity index (χ3v) is 2.92. The summed E-state index contributed by atoms with van der Waals surface area (Å²) in [6.07, 6.45) is 3.33. The zero-order chi connectivity index (χ0) is 10.6. The van der Waals surface area contributed by atoms with Crippen molar-refractivity contribution < 1.29 is 0 Å². The summed E-state index contributed by atoms with van der Waals surface area (Å²) in [6, 6.07) is 1.85. The highest BCUT2D eigenvalue weighted by atomic mass is 35.5. The fourth-order valence-corrected chi connectivity index (χ4v) is 1.18. The van der Waals surface area contributed by atoms with E-state index in [0.29, 0.717) is 10.9 Å². The van der Waals surface area contributed by atoms with Gasteiger partial charge >= 0.3 is 0 Å². The lowest BCUT2D eigenvalue weighted by Crippen LogP contribution is -2.24. The van der Waals surface area contributed by atoms with Gasteiger partial charge < -0.3 is 5.32 Å². The second-order valence-electron chi connectivity index (χ2n) is 4.01. The van der Waals surface area contributed by atoms with Gasteiger partial charge in [-0.3, -0.25) is 4.98 Å². The van der Waals surface area contributed by atoms with E-state index < -0.39 is 0 Å². The summed E-state index contributed by atoms with van der Waals surface area (Å²) in [4.78, 5) is 3.91. The molecule has 78 valence electrons. The summed E-state index contributed by atoms with van der Waals surface area (Å²) in [5.74, 6) is 0.614. The molecule has 1 aromatic heterocycles. The normalized spacial score (nSPS) is 11.4. The number of hydrogen-bond donors (Lipinski definition) is 1. The Hall–Kier alpha value is -0.470. The topological polar surface area (TPSA) is 24.9 Å². The van der Waals surface area contributed by atoms with Crippen LogP contribution in [0.5, 0.6) is 0 Å². The van der Waals surface area contributed by atoms with Crippen LogP contribution >= 0.6 is 23.2 Å². The largest absolute Gasteiger partial charge is 0.383 e. The molecule has 0 aliphatic heterocycles. The molecular weight excluding hydrogens is 219 g/mol. The summed E-state index contributed by atoms with van der Waals surface area (Å²) in [7, 11) is 0. The van der Waals surface area contributed by atoms with Crippen molar-refractivity contribution in [1.82, 2.24) is 4.98 Å². The van der Waals surface area contributed by atoms with E-state index in [2.05, 4.69) is 24.1 Å². The average molecular weight is 233 g/mol. The molecule has 1 aromatic rings. The number of pyridine rings is 1. The number of nitrogens with zero attached hydrogens (tertiary/aromatic N) is 1. The van der Waals surface area contributed by atoms with Gasteiger partial charge in [-0.1, -0.05) is 25.4 Å². The highest BCUT2D eigenvalue weighted by Crippen LogP contribution is 2.22. The number of aromatic nitrogens is 1. The van der Waals surface area contributed by atoms with Crippen molar-refractivity contribution in [3.8, 4) is 0 Å². The fourth-order valence-electron chi connectivity index (χ4n) is 0.900. The van der Waals surface area contributed by atoms with Crippen molar-refractivity contribution in [3.05, 3.63) is 23.5 Å². The molecule has 0 aromatic carbocycles. The van der Waals surface area contributed by atoms with Crippen LogP contribution in [0.25, 0.3) is 0 Å². The van der Waals surface area contributed by atoms with Crippen molar-refractivity contribution in [2.45, 2.75) is 13.8 Å². The molecule has 0 radical (unpaired) electrons. The maximum Gasteiger partial charge on any atom is 0.0820 e. The molecule has 0 unspecified atom stereocenters. The quantitative estimate of drug-likeness (QED) is 0.806.